The van der Waals surface area contributed by atoms with Crippen LogP contribution in [0.25, 0.3) is 11.4 Å². The monoisotopic (exact) mass is 258 g/mol. The van der Waals surface area contributed by atoms with Crippen LogP contribution in [0.4, 0.5) is 0 Å². The zero-order valence-electron chi connectivity index (χ0n) is 10.8. The Morgan fingerprint density at radius 3 is 2.58 bits per heavy atom. The molecule has 2 rings (SSSR count). The summed E-state index contributed by atoms with van der Waals surface area (Å²) in [7, 11) is 3.34. The number of rotatable bonds is 4. The first-order valence-electron chi connectivity index (χ1n) is 5.73. The third-order valence-electron chi connectivity index (χ3n) is 2.40. The number of hydrogen-bond donors (Lipinski definition) is 0. The van der Waals surface area contributed by atoms with Crippen LogP contribution in [0.5, 0.6) is 5.88 Å². The third kappa shape index (κ3) is 3.48. The lowest BCUT2D eigenvalue weighted by Gasteiger charge is -2.10. The van der Waals surface area contributed by atoms with E-state index in [0.29, 0.717) is 11.6 Å². The topological polar surface area (TPSA) is 68.2 Å². The summed E-state index contributed by atoms with van der Waals surface area (Å²) in [6.45, 7) is -0.0510. The Labute approximate surface area is 111 Å². The summed E-state index contributed by atoms with van der Waals surface area (Å²) >= 11 is 0. The van der Waals surface area contributed by atoms with Crippen LogP contribution < -0.4 is 4.74 Å². The largest absolute Gasteiger partial charge is 0.466 e. The normalized spacial score (nSPS) is 10.0. The van der Waals surface area contributed by atoms with Crippen LogP contribution in [-0.4, -0.2) is 46.5 Å². The Balaban J connectivity index is 2.01. The van der Waals surface area contributed by atoms with Crippen molar-refractivity contribution in [3.63, 3.8) is 0 Å². The van der Waals surface area contributed by atoms with Gasteiger partial charge < -0.3 is 9.64 Å². The fourth-order valence-electron chi connectivity index (χ4n) is 1.30. The van der Waals surface area contributed by atoms with Crippen LogP contribution in [0.15, 0.2) is 36.8 Å². The summed E-state index contributed by atoms with van der Waals surface area (Å²) in [5.41, 5.74) is 1.40. The molecule has 0 aliphatic rings. The molecular formula is C13H14N4O2. The first-order valence-corrected chi connectivity index (χ1v) is 5.73. The van der Waals surface area contributed by atoms with E-state index in [1.165, 1.54) is 11.1 Å². The molecule has 0 radical (unpaired) electrons. The summed E-state index contributed by atoms with van der Waals surface area (Å²) in [4.78, 5) is 25.3. The number of pyridine rings is 1. The summed E-state index contributed by atoms with van der Waals surface area (Å²) in [6, 6.07) is 5.56. The highest BCUT2D eigenvalue weighted by Crippen LogP contribution is 2.13. The Bertz CT molecular complexity index is 540. The average Bonchev–Trinajstić information content (AvgIpc) is 2.46. The van der Waals surface area contributed by atoms with Gasteiger partial charge in [0.1, 0.15) is 5.69 Å². The Morgan fingerprint density at radius 1 is 1.16 bits per heavy atom. The van der Waals surface area contributed by atoms with Crippen LogP contribution in [0.1, 0.15) is 0 Å². The molecule has 0 fully saturated rings. The molecule has 98 valence electrons. The van der Waals surface area contributed by atoms with Gasteiger partial charge in [-0.1, -0.05) is 6.07 Å². The van der Waals surface area contributed by atoms with Gasteiger partial charge in [0, 0.05) is 20.3 Å². The van der Waals surface area contributed by atoms with Crippen molar-refractivity contribution in [2.45, 2.75) is 0 Å². The van der Waals surface area contributed by atoms with E-state index in [2.05, 4.69) is 15.0 Å². The molecular weight excluding hydrogens is 244 g/mol. The number of hydrogen-bond acceptors (Lipinski definition) is 5. The quantitative estimate of drug-likeness (QED) is 0.818. The van der Waals surface area contributed by atoms with Gasteiger partial charge in [-0.15, -0.1) is 0 Å². The molecule has 0 aliphatic heterocycles. The van der Waals surface area contributed by atoms with Crippen LogP contribution in [-0.2, 0) is 4.79 Å². The van der Waals surface area contributed by atoms with Gasteiger partial charge >= 0.3 is 0 Å². The van der Waals surface area contributed by atoms with E-state index in [4.69, 9.17) is 4.74 Å². The molecule has 0 aliphatic carbocycles. The van der Waals surface area contributed by atoms with Gasteiger partial charge in [0.2, 0.25) is 5.88 Å². The minimum Gasteiger partial charge on any atom is -0.466 e. The molecule has 2 heterocycles. The van der Waals surface area contributed by atoms with Crippen molar-refractivity contribution in [1.82, 2.24) is 19.9 Å². The SMILES string of the molecule is CN(C)C(=O)COc1cnc(-c2ccccn2)cn1. The van der Waals surface area contributed by atoms with Crippen molar-refractivity contribution in [2.24, 2.45) is 0 Å². The predicted molar refractivity (Wildman–Crippen MR) is 69.5 cm³/mol. The molecule has 0 unspecified atom stereocenters. The molecule has 0 bridgehead atoms. The Hall–Kier alpha value is -2.50. The molecule has 2 aromatic heterocycles. The standard InChI is InChI=1S/C13H14N4O2/c1-17(2)13(18)9-19-12-8-15-11(7-16-12)10-5-3-4-6-14-10/h3-8H,9H2,1-2H3. The molecule has 0 saturated heterocycles. The van der Waals surface area contributed by atoms with Crippen molar-refractivity contribution >= 4 is 5.91 Å². The van der Waals surface area contributed by atoms with E-state index in [0.717, 1.165) is 5.69 Å². The third-order valence-corrected chi connectivity index (χ3v) is 2.40. The number of ether oxygens (including phenoxy) is 1. The maximum Gasteiger partial charge on any atom is 0.260 e. The lowest BCUT2D eigenvalue weighted by atomic mass is 10.3. The number of carbonyl (C=O) groups is 1. The van der Waals surface area contributed by atoms with Gasteiger partial charge in [0.25, 0.3) is 5.91 Å². The van der Waals surface area contributed by atoms with E-state index in [1.807, 2.05) is 18.2 Å². The van der Waals surface area contributed by atoms with E-state index < -0.39 is 0 Å². The molecule has 6 heteroatoms. The zero-order valence-corrected chi connectivity index (χ0v) is 10.8. The van der Waals surface area contributed by atoms with E-state index in [1.54, 1.807) is 26.5 Å². The second-order valence-corrected chi connectivity index (χ2v) is 4.03. The number of nitrogens with zero attached hydrogens (tertiary/aromatic N) is 4. The van der Waals surface area contributed by atoms with E-state index in [9.17, 15) is 4.79 Å². The Morgan fingerprint density at radius 2 is 2.00 bits per heavy atom. The molecule has 0 aromatic carbocycles. The Kier molecular flexibility index (Phi) is 4.02. The second-order valence-electron chi connectivity index (χ2n) is 4.03. The van der Waals surface area contributed by atoms with Crippen LogP contribution >= 0.6 is 0 Å². The minimum atomic E-state index is -0.129. The van der Waals surface area contributed by atoms with E-state index in [-0.39, 0.29) is 12.5 Å². The van der Waals surface area contributed by atoms with Crippen LogP contribution in [0.2, 0.25) is 0 Å². The van der Waals surface area contributed by atoms with Gasteiger partial charge in [-0.25, -0.2) is 9.97 Å². The number of amides is 1. The fraction of sp³-hybridized carbons (Fsp3) is 0.231. The van der Waals surface area contributed by atoms with Gasteiger partial charge in [-0.05, 0) is 12.1 Å². The molecule has 19 heavy (non-hydrogen) atoms. The van der Waals surface area contributed by atoms with Gasteiger partial charge in [0.05, 0.1) is 18.1 Å². The fourth-order valence-corrected chi connectivity index (χ4v) is 1.30. The first-order chi connectivity index (χ1) is 9.16. The zero-order chi connectivity index (χ0) is 13.7. The van der Waals surface area contributed by atoms with Gasteiger partial charge in [-0.3, -0.25) is 9.78 Å². The maximum absolute atomic E-state index is 11.3. The van der Waals surface area contributed by atoms with Crippen molar-refractivity contribution in [3.8, 4) is 17.3 Å². The van der Waals surface area contributed by atoms with Gasteiger partial charge in [-0.2, -0.15) is 0 Å². The molecule has 0 N–H and O–H groups in total. The van der Waals surface area contributed by atoms with Crippen molar-refractivity contribution in [2.75, 3.05) is 20.7 Å². The highest BCUT2D eigenvalue weighted by molar-refractivity contribution is 5.77. The lowest BCUT2D eigenvalue weighted by molar-refractivity contribution is -0.130. The molecule has 2 aromatic rings. The summed E-state index contributed by atoms with van der Waals surface area (Å²) in [6.07, 6.45) is 4.74. The molecule has 0 spiro atoms. The van der Waals surface area contributed by atoms with Crippen molar-refractivity contribution < 1.29 is 9.53 Å². The lowest BCUT2D eigenvalue weighted by Crippen LogP contribution is -2.27. The van der Waals surface area contributed by atoms with Gasteiger partial charge in [0.15, 0.2) is 6.61 Å². The predicted octanol–water partition coefficient (Wildman–Crippen LogP) is 1.01. The molecule has 1 amide bonds. The smallest absolute Gasteiger partial charge is 0.260 e. The summed E-state index contributed by atoms with van der Waals surface area (Å²) < 4.78 is 5.23. The van der Waals surface area contributed by atoms with E-state index >= 15 is 0 Å². The van der Waals surface area contributed by atoms with Crippen molar-refractivity contribution in [1.29, 1.82) is 0 Å². The summed E-state index contributed by atoms with van der Waals surface area (Å²) in [5.74, 6) is 0.186. The molecule has 6 nitrogen and oxygen atoms in total. The van der Waals surface area contributed by atoms with Crippen molar-refractivity contribution in [3.05, 3.63) is 36.8 Å². The first kappa shape index (κ1) is 12.9. The van der Waals surface area contributed by atoms with Crippen LogP contribution in [0, 0.1) is 0 Å². The van der Waals surface area contributed by atoms with Crippen LogP contribution in [0.3, 0.4) is 0 Å². The minimum absolute atomic E-state index is 0.0510. The average molecular weight is 258 g/mol. The maximum atomic E-state index is 11.3. The molecule has 0 atom stereocenters. The molecule has 0 saturated carbocycles. The summed E-state index contributed by atoms with van der Waals surface area (Å²) in [5, 5.41) is 0. The number of carbonyl (C=O) groups excluding carboxylic acids is 1. The highest BCUT2D eigenvalue weighted by Gasteiger charge is 2.06. The highest BCUT2D eigenvalue weighted by atomic mass is 16.5. The second kappa shape index (κ2) is 5.90. The number of likely N-dealkylation sites (N-methyl/N-ethyl adjacent to an activating group) is 1. The number of aromatic nitrogens is 3.